The van der Waals surface area contributed by atoms with Gasteiger partial charge >= 0.3 is 0 Å². The summed E-state index contributed by atoms with van der Waals surface area (Å²) in [4.78, 5) is 0. The van der Waals surface area contributed by atoms with E-state index in [-0.39, 0.29) is 10.8 Å². The zero-order valence-electron chi connectivity index (χ0n) is 15.0. The molecule has 0 saturated carbocycles. The largest absolute Gasteiger partial charge is 0.361 e. The normalized spacial score (nSPS) is 26.6. The fourth-order valence-corrected chi connectivity index (χ4v) is 5.56. The second-order valence-corrected chi connectivity index (χ2v) is 8.35. The highest BCUT2D eigenvalue weighted by Crippen LogP contribution is 2.56. The number of nitrogens with zero attached hydrogens (tertiary/aromatic N) is 3. The lowest BCUT2D eigenvalue weighted by molar-refractivity contribution is 0.107. The van der Waals surface area contributed by atoms with E-state index in [9.17, 15) is 0 Å². The minimum absolute atomic E-state index is 0.0255. The van der Waals surface area contributed by atoms with Crippen molar-refractivity contribution >= 4 is 0 Å². The van der Waals surface area contributed by atoms with Crippen LogP contribution in [0.1, 0.15) is 49.8 Å². The third-order valence-corrected chi connectivity index (χ3v) is 6.52. The molecule has 2 aliphatic rings. The highest BCUT2D eigenvalue weighted by molar-refractivity contribution is 5.45. The van der Waals surface area contributed by atoms with E-state index in [4.69, 9.17) is 9.62 Å². The lowest BCUT2D eigenvalue weighted by atomic mass is 9.52. The van der Waals surface area contributed by atoms with Crippen LogP contribution in [0, 0.1) is 5.92 Å². The van der Waals surface area contributed by atoms with Gasteiger partial charge in [0.1, 0.15) is 5.76 Å². The number of para-hydroxylation sites is 1. The molecule has 25 heavy (non-hydrogen) atoms. The number of fused-ring (bicyclic) bond motifs is 4. The van der Waals surface area contributed by atoms with Gasteiger partial charge in [0.25, 0.3) is 0 Å². The fraction of sp³-hybridized carbons (Fsp3) is 0.429. The molecule has 128 valence electrons. The van der Waals surface area contributed by atoms with Crippen LogP contribution in [0.5, 0.6) is 0 Å². The van der Waals surface area contributed by atoms with Crippen LogP contribution >= 0.6 is 0 Å². The second kappa shape index (κ2) is 4.84. The molecule has 5 rings (SSSR count). The van der Waals surface area contributed by atoms with Gasteiger partial charge in [0.15, 0.2) is 0 Å². The van der Waals surface area contributed by atoms with Crippen molar-refractivity contribution in [2.24, 2.45) is 5.92 Å². The molecule has 2 aliphatic carbocycles. The monoisotopic (exact) mass is 333 g/mol. The van der Waals surface area contributed by atoms with Gasteiger partial charge in [0.2, 0.25) is 0 Å². The number of benzene rings is 1. The molecule has 0 amide bonds. The minimum atomic E-state index is -0.0255. The average Bonchev–Trinajstić information content (AvgIpc) is 3.22. The zero-order chi connectivity index (χ0) is 17.2. The molecular formula is C21H23N3O. The van der Waals surface area contributed by atoms with Crippen LogP contribution in [-0.4, -0.2) is 14.9 Å². The van der Waals surface area contributed by atoms with Crippen molar-refractivity contribution in [1.29, 1.82) is 0 Å². The Kier molecular flexibility index (Phi) is 2.89. The quantitative estimate of drug-likeness (QED) is 0.670. The van der Waals surface area contributed by atoms with Gasteiger partial charge in [-0.1, -0.05) is 44.1 Å². The molecule has 0 saturated heterocycles. The molecule has 2 atom stereocenters. The van der Waals surface area contributed by atoms with Crippen LogP contribution in [-0.2, 0) is 23.7 Å². The van der Waals surface area contributed by atoms with Gasteiger partial charge in [-0.2, -0.15) is 5.10 Å². The maximum Gasteiger partial charge on any atom is 0.145 e. The van der Waals surface area contributed by atoms with Crippen LogP contribution in [0.3, 0.4) is 0 Å². The summed E-state index contributed by atoms with van der Waals surface area (Å²) >= 11 is 0. The summed E-state index contributed by atoms with van der Waals surface area (Å²) in [5, 5.41) is 8.89. The van der Waals surface area contributed by atoms with Crippen molar-refractivity contribution in [3.05, 3.63) is 65.3 Å². The first-order chi connectivity index (χ1) is 12.0. The van der Waals surface area contributed by atoms with Crippen LogP contribution in [0.15, 0.2) is 47.2 Å². The predicted molar refractivity (Wildman–Crippen MR) is 96.0 cm³/mol. The van der Waals surface area contributed by atoms with Crippen LogP contribution < -0.4 is 0 Å². The maximum absolute atomic E-state index is 5.68. The highest BCUT2D eigenvalue weighted by Gasteiger charge is 2.55. The van der Waals surface area contributed by atoms with Crippen molar-refractivity contribution < 1.29 is 4.52 Å². The van der Waals surface area contributed by atoms with Crippen molar-refractivity contribution in [2.75, 3.05) is 0 Å². The Morgan fingerprint density at radius 3 is 2.68 bits per heavy atom. The van der Waals surface area contributed by atoms with E-state index in [1.807, 2.05) is 6.20 Å². The minimum Gasteiger partial charge on any atom is -0.361 e. The predicted octanol–water partition coefficient (Wildman–Crippen LogP) is 4.21. The van der Waals surface area contributed by atoms with Gasteiger partial charge in [0.05, 0.1) is 23.8 Å². The molecule has 0 fully saturated rings. The molecule has 0 bridgehead atoms. The van der Waals surface area contributed by atoms with Gasteiger partial charge in [0, 0.05) is 16.4 Å². The van der Waals surface area contributed by atoms with Gasteiger partial charge in [-0.05, 0) is 42.9 Å². The SMILES string of the molecule is CC1(C)c2oncc2C[C@]2(C)c3c(cnn3-c3ccccc3)CC[C@@H]12. The number of aryl methyl sites for hydroxylation is 1. The molecule has 0 N–H and O–H groups in total. The Bertz CT molecular complexity index is 937. The van der Waals surface area contributed by atoms with Crippen LogP contribution in [0.25, 0.3) is 5.69 Å². The molecule has 1 aromatic carbocycles. The molecule has 3 aromatic rings. The molecule has 4 heteroatoms. The number of aromatic nitrogens is 3. The lowest BCUT2D eigenvalue weighted by Crippen LogP contribution is -2.52. The van der Waals surface area contributed by atoms with Crippen LogP contribution in [0.4, 0.5) is 0 Å². The zero-order valence-corrected chi connectivity index (χ0v) is 15.0. The van der Waals surface area contributed by atoms with E-state index < -0.39 is 0 Å². The smallest absolute Gasteiger partial charge is 0.145 e. The summed E-state index contributed by atoms with van der Waals surface area (Å²) in [7, 11) is 0. The summed E-state index contributed by atoms with van der Waals surface area (Å²) in [6.07, 6.45) is 7.19. The van der Waals surface area contributed by atoms with E-state index in [1.54, 1.807) is 0 Å². The Morgan fingerprint density at radius 2 is 1.88 bits per heavy atom. The first-order valence-electron chi connectivity index (χ1n) is 9.08. The maximum atomic E-state index is 5.68. The van der Waals surface area contributed by atoms with Crippen molar-refractivity contribution in [2.45, 2.75) is 50.9 Å². The number of rotatable bonds is 1. The standard InChI is InChI=1S/C21H23N3O/c1-20(2)17-10-9-14-12-22-24(16-7-5-4-6-8-16)18(14)21(17,3)11-15-13-23-25-19(15)20/h4-8,12-13,17H,9-11H2,1-3H3/t17-,21-/m0/s1. The molecular weight excluding hydrogens is 310 g/mol. The Labute approximate surface area is 147 Å². The average molecular weight is 333 g/mol. The summed E-state index contributed by atoms with van der Waals surface area (Å²) in [6, 6.07) is 10.5. The van der Waals surface area contributed by atoms with Crippen molar-refractivity contribution in [3.63, 3.8) is 0 Å². The van der Waals surface area contributed by atoms with E-state index in [0.717, 1.165) is 30.7 Å². The fourth-order valence-electron chi connectivity index (χ4n) is 5.56. The molecule has 2 heterocycles. The summed E-state index contributed by atoms with van der Waals surface area (Å²) in [5.41, 5.74) is 5.15. The van der Waals surface area contributed by atoms with Crippen molar-refractivity contribution in [1.82, 2.24) is 14.9 Å². The van der Waals surface area contributed by atoms with E-state index >= 15 is 0 Å². The first-order valence-corrected chi connectivity index (χ1v) is 9.08. The highest BCUT2D eigenvalue weighted by atomic mass is 16.5. The summed E-state index contributed by atoms with van der Waals surface area (Å²) in [5.74, 6) is 1.58. The van der Waals surface area contributed by atoms with Gasteiger partial charge in [-0.25, -0.2) is 4.68 Å². The Hall–Kier alpha value is -2.36. The molecule has 0 spiro atoms. The number of hydrogen-bond donors (Lipinski definition) is 0. The third-order valence-electron chi connectivity index (χ3n) is 6.52. The lowest BCUT2D eigenvalue weighted by Gasteiger charge is -2.51. The third kappa shape index (κ3) is 1.88. The molecule has 4 nitrogen and oxygen atoms in total. The molecule has 2 aromatic heterocycles. The summed E-state index contributed by atoms with van der Waals surface area (Å²) in [6.45, 7) is 7.04. The Morgan fingerprint density at radius 1 is 1.08 bits per heavy atom. The Balaban J connectivity index is 1.74. The van der Waals surface area contributed by atoms with Gasteiger partial charge < -0.3 is 4.52 Å². The molecule has 0 radical (unpaired) electrons. The van der Waals surface area contributed by atoms with Crippen LogP contribution in [0.2, 0.25) is 0 Å². The summed E-state index contributed by atoms with van der Waals surface area (Å²) < 4.78 is 7.84. The van der Waals surface area contributed by atoms with E-state index in [0.29, 0.717) is 5.92 Å². The van der Waals surface area contributed by atoms with E-state index in [2.05, 4.69) is 67.1 Å². The van der Waals surface area contributed by atoms with E-state index in [1.165, 1.54) is 16.8 Å². The molecule has 0 unspecified atom stereocenters. The molecule has 0 aliphatic heterocycles. The van der Waals surface area contributed by atoms with Gasteiger partial charge in [-0.15, -0.1) is 0 Å². The van der Waals surface area contributed by atoms with Gasteiger partial charge in [-0.3, -0.25) is 0 Å². The topological polar surface area (TPSA) is 43.9 Å². The van der Waals surface area contributed by atoms with Crippen molar-refractivity contribution in [3.8, 4) is 5.69 Å². The first kappa shape index (κ1) is 14.9. The number of hydrogen-bond acceptors (Lipinski definition) is 3. The second-order valence-electron chi connectivity index (χ2n) is 8.35.